The summed E-state index contributed by atoms with van der Waals surface area (Å²) in [5.41, 5.74) is 1.38. The highest BCUT2D eigenvalue weighted by atomic mass is 14.9. The van der Waals surface area contributed by atoms with Crippen LogP contribution in [0.3, 0.4) is 0 Å². The van der Waals surface area contributed by atoms with Crippen LogP contribution in [0.25, 0.3) is 10.8 Å². The third-order valence-electron chi connectivity index (χ3n) is 3.97. The van der Waals surface area contributed by atoms with Gasteiger partial charge in [0, 0.05) is 6.54 Å². The van der Waals surface area contributed by atoms with Gasteiger partial charge >= 0.3 is 0 Å². The molecule has 0 spiro atoms. The van der Waals surface area contributed by atoms with E-state index in [9.17, 15) is 0 Å². The Bertz CT molecular complexity index is 530. The number of nitrogens with one attached hydrogen (secondary N) is 2. The van der Waals surface area contributed by atoms with Crippen LogP contribution in [0.2, 0.25) is 0 Å². The molecule has 0 saturated carbocycles. The highest BCUT2D eigenvalue weighted by molar-refractivity contribution is 5.82. The second-order valence-electron chi connectivity index (χ2n) is 5.52. The molecule has 1 atom stereocenters. The standard InChI is InChI=1S/C17H22N2/c1-2-6-17-10-14(7-8-16(17)5-1)11-19-13-15-4-3-9-18-12-15/h1-2,5-8,10,15,18-19H,3-4,9,11-13H2. The first-order valence-electron chi connectivity index (χ1n) is 7.31. The number of hydrogen-bond acceptors (Lipinski definition) is 2. The molecule has 2 N–H and O–H groups in total. The minimum absolute atomic E-state index is 0.800. The second-order valence-corrected chi connectivity index (χ2v) is 5.52. The Labute approximate surface area is 115 Å². The van der Waals surface area contributed by atoms with Gasteiger partial charge in [0.25, 0.3) is 0 Å². The molecule has 3 rings (SSSR count). The van der Waals surface area contributed by atoms with E-state index in [0.29, 0.717) is 0 Å². The van der Waals surface area contributed by atoms with Gasteiger partial charge in [0.2, 0.25) is 0 Å². The van der Waals surface area contributed by atoms with E-state index in [1.54, 1.807) is 0 Å². The highest BCUT2D eigenvalue weighted by Crippen LogP contribution is 2.15. The molecule has 0 radical (unpaired) electrons. The summed E-state index contributed by atoms with van der Waals surface area (Å²) in [7, 11) is 0. The van der Waals surface area contributed by atoms with Gasteiger partial charge in [-0.25, -0.2) is 0 Å². The van der Waals surface area contributed by atoms with E-state index in [4.69, 9.17) is 0 Å². The van der Waals surface area contributed by atoms with Crippen LogP contribution in [-0.4, -0.2) is 19.6 Å². The summed E-state index contributed by atoms with van der Waals surface area (Å²) in [6.07, 6.45) is 2.68. The normalized spacial score (nSPS) is 19.7. The number of benzene rings is 2. The van der Waals surface area contributed by atoms with Gasteiger partial charge in [0.05, 0.1) is 0 Å². The average molecular weight is 254 g/mol. The van der Waals surface area contributed by atoms with E-state index in [2.05, 4.69) is 53.1 Å². The molecule has 2 aromatic carbocycles. The van der Waals surface area contributed by atoms with E-state index < -0.39 is 0 Å². The van der Waals surface area contributed by atoms with Crippen molar-refractivity contribution in [1.82, 2.24) is 10.6 Å². The Morgan fingerprint density at radius 2 is 2.00 bits per heavy atom. The molecule has 0 aliphatic carbocycles. The van der Waals surface area contributed by atoms with Crippen LogP contribution in [0, 0.1) is 5.92 Å². The van der Waals surface area contributed by atoms with Crippen LogP contribution in [0.1, 0.15) is 18.4 Å². The molecular weight excluding hydrogens is 232 g/mol. The van der Waals surface area contributed by atoms with E-state index in [1.165, 1.54) is 42.3 Å². The number of hydrogen-bond donors (Lipinski definition) is 2. The fraction of sp³-hybridized carbons (Fsp3) is 0.412. The van der Waals surface area contributed by atoms with Crippen LogP contribution in [0.15, 0.2) is 42.5 Å². The molecule has 2 heteroatoms. The van der Waals surface area contributed by atoms with Gasteiger partial charge in [-0.3, -0.25) is 0 Å². The van der Waals surface area contributed by atoms with Crippen molar-refractivity contribution in [2.45, 2.75) is 19.4 Å². The van der Waals surface area contributed by atoms with Crippen molar-refractivity contribution in [3.8, 4) is 0 Å². The van der Waals surface area contributed by atoms with Crippen LogP contribution in [-0.2, 0) is 6.54 Å². The zero-order valence-corrected chi connectivity index (χ0v) is 11.4. The minimum atomic E-state index is 0.800. The van der Waals surface area contributed by atoms with Crippen LogP contribution in [0.5, 0.6) is 0 Å². The molecule has 19 heavy (non-hydrogen) atoms. The molecule has 1 aliphatic heterocycles. The van der Waals surface area contributed by atoms with Crippen molar-refractivity contribution < 1.29 is 0 Å². The Kier molecular flexibility index (Phi) is 4.11. The first-order valence-corrected chi connectivity index (χ1v) is 7.31. The maximum absolute atomic E-state index is 3.60. The van der Waals surface area contributed by atoms with Crippen molar-refractivity contribution in [1.29, 1.82) is 0 Å². The molecule has 0 amide bonds. The quantitative estimate of drug-likeness (QED) is 0.876. The molecule has 1 fully saturated rings. The van der Waals surface area contributed by atoms with Gasteiger partial charge in [0.15, 0.2) is 0 Å². The highest BCUT2D eigenvalue weighted by Gasteiger charge is 2.11. The lowest BCUT2D eigenvalue weighted by Gasteiger charge is -2.23. The number of piperidine rings is 1. The predicted molar refractivity (Wildman–Crippen MR) is 81.2 cm³/mol. The maximum Gasteiger partial charge on any atom is 0.0205 e. The number of rotatable bonds is 4. The van der Waals surface area contributed by atoms with Gasteiger partial charge in [-0.05, 0) is 60.8 Å². The van der Waals surface area contributed by atoms with Crippen LogP contribution < -0.4 is 10.6 Å². The Balaban J connectivity index is 1.56. The zero-order valence-electron chi connectivity index (χ0n) is 11.4. The van der Waals surface area contributed by atoms with Crippen LogP contribution in [0.4, 0.5) is 0 Å². The summed E-state index contributed by atoms with van der Waals surface area (Å²) >= 11 is 0. The SMILES string of the molecule is c1ccc2cc(CNCC3CCCNC3)ccc2c1. The summed E-state index contributed by atoms with van der Waals surface area (Å²) in [5, 5.41) is 9.72. The molecule has 1 unspecified atom stereocenters. The molecule has 2 aromatic rings. The molecule has 100 valence electrons. The topological polar surface area (TPSA) is 24.1 Å². The van der Waals surface area contributed by atoms with Crippen molar-refractivity contribution in [2.24, 2.45) is 5.92 Å². The van der Waals surface area contributed by atoms with Crippen molar-refractivity contribution in [3.63, 3.8) is 0 Å². The third-order valence-corrected chi connectivity index (χ3v) is 3.97. The van der Waals surface area contributed by atoms with Crippen molar-refractivity contribution >= 4 is 10.8 Å². The second kappa shape index (κ2) is 6.18. The molecule has 1 saturated heterocycles. The lowest BCUT2D eigenvalue weighted by molar-refractivity contribution is 0.360. The monoisotopic (exact) mass is 254 g/mol. The van der Waals surface area contributed by atoms with Gasteiger partial charge in [-0.2, -0.15) is 0 Å². The summed E-state index contributed by atoms with van der Waals surface area (Å²) in [5.74, 6) is 0.800. The van der Waals surface area contributed by atoms with Gasteiger partial charge in [-0.15, -0.1) is 0 Å². The first-order chi connectivity index (χ1) is 9.42. The van der Waals surface area contributed by atoms with Crippen molar-refractivity contribution in [2.75, 3.05) is 19.6 Å². The van der Waals surface area contributed by atoms with E-state index in [1.807, 2.05) is 0 Å². The smallest absolute Gasteiger partial charge is 0.0205 e. The lowest BCUT2D eigenvalue weighted by atomic mass is 9.99. The van der Waals surface area contributed by atoms with Crippen molar-refractivity contribution in [3.05, 3.63) is 48.0 Å². The minimum Gasteiger partial charge on any atom is -0.316 e. The molecular formula is C17H22N2. The molecule has 1 heterocycles. The average Bonchev–Trinajstić information content (AvgIpc) is 2.48. The lowest BCUT2D eigenvalue weighted by Crippen LogP contribution is -2.35. The Hall–Kier alpha value is -1.38. The molecule has 0 bridgehead atoms. The van der Waals surface area contributed by atoms with Gasteiger partial charge < -0.3 is 10.6 Å². The zero-order chi connectivity index (χ0) is 12.9. The molecule has 2 nitrogen and oxygen atoms in total. The summed E-state index contributed by atoms with van der Waals surface area (Å²) in [6.45, 7) is 4.47. The summed E-state index contributed by atoms with van der Waals surface area (Å²) in [4.78, 5) is 0. The van der Waals surface area contributed by atoms with Gasteiger partial charge in [-0.1, -0.05) is 36.4 Å². The summed E-state index contributed by atoms with van der Waals surface area (Å²) < 4.78 is 0. The van der Waals surface area contributed by atoms with E-state index in [0.717, 1.165) is 19.0 Å². The fourth-order valence-electron chi connectivity index (χ4n) is 2.87. The van der Waals surface area contributed by atoms with E-state index in [-0.39, 0.29) is 0 Å². The fourth-order valence-corrected chi connectivity index (χ4v) is 2.87. The Morgan fingerprint density at radius 3 is 2.84 bits per heavy atom. The molecule has 1 aliphatic rings. The third kappa shape index (κ3) is 3.34. The van der Waals surface area contributed by atoms with Crippen LogP contribution >= 0.6 is 0 Å². The largest absolute Gasteiger partial charge is 0.316 e. The van der Waals surface area contributed by atoms with E-state index >= 15 is 0 Å². The number of fused-ring (bicyclic) bond motifs is 1. The Morgan fingerprint density at radius 1 is 1.11 bits per heavy atom. The maximum atomic E-state index is 3.60. The van der Waals surface area contributed by atoms with Gasteiger partial charge in [0.1, 0.15) is 0 Å². The molecule has 0 aromatic heterocycles. The first kappa shape index (κ1) is 12.6. The summed E-state index contributed by atoms with van der Waals surface area (Å²) in [6, 6.07) is 15.3. The predicted octanol–water partition coefficient (Wildman–Crippen LogP) is 2.93.